The van der Waals surface area contributed by atoms with E-state index in [1.165, 1.54) is 11.3 Å². The Kier molecular flexibility index (Phi) is 3.48. The van der Waals surface area contributed by atoms with E-state index >= 15 is 0 Å². The van der Waals surface area contributed by atoms with Gasteiger partial charge in [-0.15, -0.1) is 17.9 Å². The molecule has 2 aromatic rings. The Balaban J connectivity index is 2.15. The van der Waals surface area contributed by atoms with Gasteiger partial charge in [0.25, 0.3) is 5.56 Å². The molecule has 16 heavy (non-hydrogen) atoms. The Morgan fingerprint density at radius 3 is 3.31 bits per heavy atom. The van der Waals surface area contributed by atoms with Crippen molar-refractivity contribution in [3.8, 4) is 0 Å². The number of thiophene rings is 1. The van der Waals surface area contributed by atoms with E-state index < -0.39 is 0 Å². The van der Waals surface area contributed by atoms with E-state index in [-0.39, 0.29) is 5.56 Å². The third kappa shape index (κ3) is 2.20. The average Bonchev–Trinajstić information content (AvgIpc) is 2.76. The molecule has 0 radical (unpaired) electrons. The van der Waals surface area contributed by atoms with Crippen LogP contribution in [0.15, 0.2) is 35.2 Å². The van der Waals surface area contributed by atoms with Gasteiger partial charge in [-0.2, -0.15) is 0 Å². The first kappa shape index (κ1) is 11.0. The van der Waals surface area contributed by atoms with Crippen LogP contribution in [0.1, 0.15) is 0 Å². The first-order chi connectivity index (χ1) is 7.83. The molecule has 2 aromatic heterocycles. The monoisotopic (exact) mass is 235 g/mol. The van der Waals surface area contributed by atoms with Crippen molar-refractivity contribution in [2.75, 3.05) is 13.1 Å². The number of rotatable bonds is 5. The highest BCUT2D eigenvalue weighted by molar-refractivity contribution is 7.17. The molecule has 0 saturated carbocycles. The Morgan fingerprint density at radius 2 is 2.50 bits per heavy atom. The molecule has 0 aliphatic rings. The van der Waals surface area contributed by atoms with Crippen molar-refractivity contribution in [2.45, 2.75) is 6.54 Å². The minimum absolute atomic E-state index is 0.0420. The first-order valence-corrected chi connectivity index (χ1v) is 5.95. The van der Waals surface area contributed by atoms with Crippen LogP contribution >= 0.6 is 11.3 Å². The number of nitrogens with zero attached hydrogens (tertiary/aromatic N) is 2. The van der Waals surface area contributed by atoms with Crippen molar-refractivity contribution in [1.82, 2.24) is 14.9 Å². The summed E-state index contributed by atoms with van der Waals surface area (Å²) < 4.78 is 2.36. The third-order valence-electron chi connectivity index (χ3n) is 2.25. The van der Waals surface area contributed by atoms with Crippen LogP contribution in [0.2, 0.25) is 0 Å². The van der Waals surface area contributed by atoms with E-state index in [1.54, 1.807) is 17.0 Å². The molecule has 4 nitrogen and oxygen atoms in total. The molecule has 0 amide bonds. The molecule has 0 aliphatic heterocycles. The zero-order valence-corrected chi connectivity index (χ0v) is 9.67. The lowest BCUT2D eigenvalue weighted by atomic mass is 10.4. The minimum Gasteiger partial charge on any atom is -0.312 e. The van der Waals surface area contributed by atoms with E-state index in [0.717, 1.165) is 23.3 Å². The van der Waals surface area contributed by atoms with E-state index in [2.05, 4.69) is 16.9 Å². The molecule has 0 unspecified atom stereocenters. The molecule has 2 heterocycles. The SMILES string of the molecule is C=CCNCCn1cnc2ccsc2c1=O. The first-order valence-electron chi connectivity index (χ1n) is 5.07. The van der Waals surface area contributed by atoms with Crippen LogP contribution in [0, 0.1) is 0 Å². The maximum absolute atomic E-state index is 11.9. The highest BCUT2D eigenvalue weighted by Crippen LogP contribution is 2.12. The van der Waals surface area contributed by atoms with Crippen LogP contribution in [0.4, 0.5) is 0 Å². The lowest BCUT2D eigenvalue weighted by Gasteiger charge is -2.05. The van der Waals surface area contributed by atoms with Gasteiger partial charge in [0, 0.05) is 19.6 Å². The quantitative estimate of drug-likeness (QED) is 0.626. The minimum atomic E-state index is 0.0420. The Bertz CT molecular complexity index is 543. The Hall–Kier alpha value is -1.46. The van der Waals surface area contributed by atoms with Gasteiger partial charge >= 0.3 is 0 Å². The summed E-state index contributed by atoms with van der Waals surface area (Å²) in [5.41, 5.74) is 0.825. The summed E-state index contributed by atoms with van der Waals surface area (Å²) in [4.78, 5) is 16.2. The second-order valence-electron chi connectivity index (χ2n) is 3.37. The molecule has 0 bridgehead atoms. The van der Waals surface area contributed by atoms with Crippen molar-refractivity contribution in [3.63, 3.8) is 0 Å². The van der Waals surface area contributed by atoms with Crippen molar-refractivity contribution in [3.05, 3.63) is 40.8 Å². The van der Waals surface area contributed by atoms with E-state index in [1.807, 2.05) is 11.4 Å². The molecule has 2 rings (SSSR count). The van der Waals surface area contributed by atoms with Crippen LogP contribution in [-0.2, 0) is 6.54 Å². The summed E-state index contributed by atoms with van der Waals surface area (Å²) in [7, 11) is 0. The number of fused-ring (bicyclic) bond motifs is 1. The topological polar surface area (TPSA) is 46.9 Å². The second kappa shape index (κ2) is 5.05. The summed E-state index contributed by atoms with van der Waals surface area (Å²) in [6.07, 6.45) is 3.40. The lowest BCUT2D eigenvalue weighted by Crippen LogP contribution is -2.26. The van der Waals surface area contributed by atoms with Gasteiger partial charge in [0.1, 0.15) is 4.70 Å². The third-order valence-corrected chi connectivity index (χ3v) is 3.15. The molecular weight excluding hydrogens is 222 g/mol. The highest BCUT2D eigenvalue weighted by atomic mass is 32.1. The fourth-order valence-electron chi connectivity index (χ4n) is 1.44. The summed E-state index contributed by atoms with van der Waals surface area (Å²) in [6.45, 7) is 5.74. The van der Waals surface area contributed by atoms with Gasteiger partial charge in [0.2, 0.25) is 0 Å². The summed E-state index contributed by atoms with van der Waals surface area (Å²) >= 11 is 1.44. The van der Waals surface area contributed by atoms with E-state index in [9.17, 15) is 4.79 Å². The van der Waals surface area contributed by atoms with Gasteiger partial charge in [-0.05, 0) is 11.4 Å². The van der Waals surface area contributed by atoms with Gasteiger partial charge in [-0.3, -0.25) is 9.36 Å². The van der Waals surface area contributed by atoms with Crippen molar-refractivity contribution in [2.24, 2.45) is 0 Å². The molecule has 84 valence electrons. The zero-order valence-electron chi connectivity index (χ0n) is 8.85. The average molecular weight is 235 g/mol. The second-order valence-corrected chi connectivity index (χ2v) is 4.29. The Labute approximate surface area is 97.2 Å². The summed E-state index contributed by atoms with van der Waals surface area (Å²) in [6, 6.07) is 1.86. The van der Waals surface area contributed by atoms with Crippen LogP contribution in [0.3, 0.4) is 0 Å². The molecule has 1 N–H and O–H groups in total. The molecule has 0 aliphatic carbocycles. The number of aromatic nitrogens is 2. The fraction of sp³-hybridized carbons (Fsp3) is 0.273. The van der Waals surface area contributed by atoms with Crippen LogP contribution in [0.25, 0.3) is 10.2 Å². The molecule has 0 spiro atoms. The lowest BCUT2D eigenvalue weighted by molar-refractivity contribution is 0.606. The van der Waals surface area contributed by atoms with Crippen molar-refractivity contribution < 1.29 is 0 Å². The largest absolute Gasteiger partial charge is 0.312 e. The van der Waals surface area contributed by atoms with Gasteiger partial charge in [0.15, 0.2) is 0 Å². The maximum atomic E-state index is 11.9. The van der Waals surface area contributed by atoms with Crippen LogP contribution < -0.4 is 10.9 Å². The van der Waals surface area contributed by atoms with Crippen molar-refractivity contribution in [1.29, 1.82) is 0 Å². The molecule has 0 fully saturated rings. The van der Waals surface area contributed by atoms with E-state index in [0.29, 0.717) is 6.54 Å². The molecule has 0 aromatic carbocycles. The van der Waals surface area contributed by atoms with Gasteiger partial charge in [-0.25, -0.2) is 4.98 Å². The highest BCUT2D eigenvalue weighted by Gasteiger charge is 2.03. The molecule has 0 atom stereocenters. The zero-order chi connectivity index (χ0) is 11.4. The summed E-state index contributed by atoms with van der Waals surface area (Å²) in [5, 5.41) is 5.04. The molecular formula is C11H13N3OS. The molecule has 5 heteroatoms. The van der Waals surface area contributed by atoms with Gasteiger partial charge < -0.3 is 5.32 Å². The van der Waals surface area contributed by atoms with Crippen LogP contribution in [0.5, 0.6) is 0 Å². The standard InChI is InChI=1S/C11H13N3OS/c1-2-4-12-5-6-14-8-13-9-3-7-16-10(9)11(14)15/h2-3,7-8,12H,1,4-6H2. The number of hydrogen-bond donors (Lipinski definition) is 1. The molecule has 0 saturated heterocycles. The Morgan fingerprint density at radius 1 is 1.62 bits per heavy atom. The van der Waals surface area contributed by atoms with E-state index in [4.69, 9.17) is 0 Å². The predicted octanol–water partition coefficient (Wildman–Crippen LogP) is 1.23. The summed E-state index contributed by atoms with van der Waals surface area (Å²) in [5.74, 6) is 0. The fourth-order valence-corrected chi connectivity index (χ4v) is 2.23. The number of hydrogen-bond acceptors (Lipinski definition) is 4. The maximum Gasteiger partial charge on any atom is 0.271 e. The van der Waals surface area contributed by atoms with Gasteiger partial charge in [0.05, 0.1) is 11.8 Å². The predicted molar refractivity (Wildman–Crippen MR) is 66.9 cm³/mol. The van der Waals surface area contributed by atoms with Crippen LogP contribution in [-0.4, -0.2) is 22.6 Å². The van der Waals surface area contributed by atoms with Crippen molar-refractivity contribution >= 4 is 21.6 Å². The smallest absolute Gasteiger partial charge is 0.271 e. The normalized spacial score (nSPS) is 10.8. The number of nitrogens with one attached hydrogen (secondary N) is 1. The van der Waals surface area contributed by atoms with Gasteiger partial charge in [-0.1, -0.05) is 6.08 Å².